The molecule has 2 aromatic carbocycles. The molecule has 0 aliphatic carbocycles. The largest absolute Gasteiger partial charge is 0.507 e. The minimum Gasteiger partial charge on any atom is -0.507 e. The van der Waals surface area contributed by atoms with E-state index in [1.807, 2.05) is 19.9 Å². The van der Waals surface area contributed by atoms with E-state index in [1.165, 1.54) is 7.11 Å². The van der Waals surface area contributed by atoms with Crippen molar-refractivity contribution in [3.63, 3.8) is 0 Å². The van der Waals surface area contributed by atoms with Crippen LogP contribution >= 0.6 is 0 Å². The van der Waals surface area contributed by atoms with Crippen molar-refractivity contribution in [3.05, 3.63) is 46.0 Å². The fraction of sp³-hybridized carbons (Fsp3) is 0.350. The van der Waals surface area contributed by atoms with Crippen LogP contribution < -0.4 is 9.47 Å². The van der Waals surface area contributed by atoms with Crippen LogP contribution in [0.4, 0.5) is 0 Å². The lowest BCUT2D eigenvalue weighted by Gasteiger charge is -2.45. The Kier molecular flexibility index (Phi) is 3.38. The number of phenols is 2. The second-order valence-corrected chi connectivity index (χ2v) is 7.11. The van der Waals surface area contributed by atoms with Crippen LogP contribution in [0.3, 0.4) is 0 Å². The molecule has 0 unspecified atom stereocenters. The fourth-order valence-electron chi connectivity index (χ4n) is 4.03. The fourth-order valence-corrected chi connectivity index (χ4v) is 4.03. The average Bonchev–Trinajstić information content (AvgIpc) is 2.51. The molecule has 6 heteroatoms. The Morgan fingerprint density at radius 3 is 2.46 bits per heavy atom. The summed E-state index contributed by atoms with van der Waals surface area (Å²) in [6.07, 6.45) is 0.404. The molecular weight excluding hydrogens is 336 g/mol. The van der Waals surface area contributed by atoms with Gasteiger partial charge in [-0.2, -0.15) is 0 Å². The molecule has 0 amide bonds. The number of fused-ring (bicyclic) bond motifs is 6. The molecule has 0 aromatic heterocycles. The van der Waals surface area contributed by atoms with Crippen LogP contribution in [0, 0.1) is 13.8 Å². The number of esters is 1. The van der Waals surface area contributed by atoms with Crippen LogP contribution in [-0.2, 0) is 4.74 Å². The summed E-state index contributed by atoms with van der Waals surface area (Å²) in [6.45, 7) is 5.39. The number of hydrogen-bond donors (Lipinski definition) is 2. The molecule has 4 rings (SSSR count). The molecule has 26 heavy (non-hydrogen) atoms. The van der Waals surface area contributed by atoms with Crippen molar-refractivity contribution in [1.82, 2.24) is 0 Å². The van der Waals surface area contributed by atoms with Crippen molar-refractivity contribution in [1.29, 1.82) is 0 Å². The molecule has 2 atom stereocenters. The van der Waals surface area contributed by atoms with Gasteiger partial charge in [0, 0.05) is 30.4 Å². The summed E-state index contributed by atoms with van der Waals surface area (Å²) >= 11 is 0. The Balaban J connectivity index is 2.01. The van der Waals surface area contributed by atoms with E-state index in [-0.39, 0.29) is 23.0 Å². The lowest BCUT2D eigenvalue weighted by Crippen LogP contribution is -2.46. The summed E-state index contributed by atoms with van der Waals surface area (Å²) in [5, 5.41) is 21.4. The number of phenolic OH excluding ortho intramolecular Hbond substituents is 2. The lowest BCUT2D eigenvalue weighted by atomic mass is 9.78. The molecule has 0 saturated heterocycles. The number of ether oxygens (including phenoxy) is 3. The topological polar surface area (TPSA) is 85.2 Å². The van der Waals surface area contributed by atoms with Crippen LogP contribution in [0.5, 0.6) is 23.0 Å². The van der Waals surface area contributed by atoms with E-state index in [0.29, 0.717) is 34.6 Å². The highest BCUT2D eigenvalue weighted by Crippen LogP contribution is 2.57. The molecule has 2 aliphatic rings. The number of rotatable bonds is 1. The minimum absolute atomic E-state index is 0.0968. The first-order valence-corrected chi connectivity index (χ1v) is 8.40. The summed E-state index contributed by atoms with van der Waals surface area (Å²) in [5.41, 5.74) is 2.57. The zero-order chi connectivity index (χ0) is 18.8. The first-order chi connectivity index (χ1) is 12.2. The molecule has 2 heterocycles. The van der Waals surface area contributed by atoms with Gasteiger partial charge < -0.3 is 24.4 Å². The Bertz CT molecular complexity index is 948. The van der Waals surface area contributed by atoms with E-state index in [4.69, 9.17) is 14.2 Å². The molecule has 136 valence electrons. The normalized spacial score (nSPS) is 22.5. The van der Waals surface area contributed by atoms with E-state index in [1.54, 1.807) is 19.1 Å². The zero-order valence-corrected chi connectivity index (χ0v) is 15.0. The predicted molar refractivity (Wildman–Crippen MR) is 93.1 cm³/mol. The van der Waals surface area contributed by atoms with Crippen molar-refractivity contribution in [3.8, 4) is 23.0 Å². The van der Waals surface area contributed by atoms with Gasteiger partial charge >= 0.3 is 5.97 Å². The number of benzene rings is 2. The summed E-state index contributed by atoms with van der Waals surface area (Å²) in [7, 11) is 1.27. The Hall–Kier alpha value is -2.89. The molecule has 2 aromatic rings. The zero-order valence-electron chi connectivity index (χ0n) is 15.0. The smallest absolute Gasteiger partial charge is 0.341 e. The second-order valence-electron chi connectivity index (χ2n) is 7.11. The maximum absolute atomic E-state index is 12.1. The molecule has 0 saturated carbocycles. The van der Waals surface area contributed by atoms with Gasteiger partial charge in [-0.05, 0) is 43.2 Å². The third-order valence-electron chi connectivity index (χ3n) is 5.08. The number of hydrogen-bond acceptors (Lipinski definition) is 6. The van der Waals surface area contributed by atoms with E-state index >= 15 is 0 Å². The number of methoxy groups -OCH3 is 1. The SMILES string of the molecule is COC(=O)c1c(C)cc2c(c1O)[C@@H]1C[C@@](C)(Oc3cc(C)cc(O)c31)O2. The number of carbonyl (C=O) groups excluding carboxylic acids is 1. The molecule has 2 bridgehead atoms. The van der Waals surface area contributed by atoms with Gasteiger partial charge in [0.2, 0.25) is 5.79 Å². The third-order valence-corrected chi connectivity index (χ3v) is 5.08. The first kappa shape index (κ1) is 16.6. The van der Waals surface area contributed by atoms with Gasteiger partial charge in [0.1, 0.15) is 28.6 Å². The highest BCUT2D eigenvalue weighted by molar-refractivity contribution is 5.95. The summed E-state index contributed by atoms with van der Waals surface area (Å²) in [5.74, 6) is -1.01. The van der Waals surface area contributed by atoms with Gasteiger partial charge in [-0.25, -0.2) is 4.79 Å². The standard InChI is InChI=1S/C20H20O6/c1-9-5-12(21)16-11-8-20(3,25-13(16)6-9)26-14-7-10(2)15(19(23)24-4)18(22)17(11)14/h5-7,11,21-22H,8H2,1-4H3/t11-,20+/m1/s1. The van der Waals surface area contributed by atoms with Crippen molar-refractivity contribution in [2.24, 2.45) is 0 Å². The molecule has 0 radical (unpaired) electrons. The maximum atomic E-state index is 12.1. The number of aryl methyl sites for hydroxylation is 2. The monoisotopic (exact) mass is 356 g/mol. The van der Waals surface area contributed by atoms with Crippen molar-refractivity contribution >= 4 is 5.97 Å². The first-order valence-electron chi connectivity index (χ1n) is 8.40. The lowest BCUT2D eigenvalue weighted by molar-refractivity contribution is -0.125. The van der Waals surface area contributed by atoms with E-state index in [2.05, 4.69) is 0 Å². The van der Waals surface area contributed by atoms with Crippen LogP contribution in [0.2, 0.25) is 0 Å². The molecule has 6 nitrogen and oxygen atoms in total. The van der Waals surface area contributed by atoms with Crippen LogP contribution in [0.15, 0.2) is 18.2 Å². The van der Waals surface area contributed by atoms with Crippen LogP contribution in [0.1, 0.15) is 51.9 Å². The highest BCUT2D eigenvalue weighted by atomic mass is 16.7. The van der Waals surface area contributed by atoms with E-state index in [0.717, 1.165) is 5.56 Å². The Morgan fingerprint density at radius 1 is 1.15 bits per heavy atom. The van der Waals surface area contributed by atoms with E-state index < -0.39 is 11.8 Å². The van der Waals surface area contributed by atoms with Gasteiger partial charge in [0.25, 0.3) is 0 Å². The summed E-state index contributed by atoms with van der Waals surface area (Å²) in [4.78, 5) is 12.1. The predicted octanol–water partition coefficient (Wildman–Crippen LogP) is 3.52. The highest BCUT2D eigenvalue weighted by Gasteiger charge is 2.48. The summed E-state index contributed by atoms with van der Waals surface area (Å²) < 4.78 is 16.9. The molecule has 0 spiro atoms. The Morgan fingerprint density at radius 2 is 1.81 bits per heavy atom. The van der Waals surface area contributed by atoms with Crippen LogP contribution in [0.25, 0.3) is 0 Å². The van der Waals surface area contributed by atoms with Crippen molar-refractivity contribution in [2.75, 3.05) is 7.11 Å². The third kappa shape index (κ3) is 2.21. The minimum atomic E-state index is -0.920. The quantitative estimate of drug-likeness (QED) is 0.761. The van der Waals surface area contributed by atoms with Crippen molar-refractivity contribution < 1.29 is 29.2 Å². The van der Waals surface area contributed by atoms with Gasteiger partial charge in [0.05, 0.1) is 7.11 Å². The average molecular weight is 356 g/mol. The maximum Gasteiger partial charge on any atom is 0.341 e. The van der Waals surface area contributed by atoms with E-state index in [9.17, 15) is 15.0 Å². The molecule has 2 aliphatic heterocycles. The van der Waals surface area contributed by atoms with Gasteiger partial charge in [0.15, 0.2) is 0 Å². The second kappa shape index (κ2) is 5.30. The Labute approximate surface area is 150 Å². The van der Waals surface area contributed by atoms with Crippen molar-refractivity contribution in [2.45, 2.75) is 38.9 Å². The summed E-state index contributed by atoms with van der Waals surface area (Å²) in [6, 6.07) is 5.19. The van der Waals surface area contributed by atoms with Crippen LogP contribution in [-0.4, -0.2) is 29.1 Å². The molecular formula is C20H20O6. The van der Waals surface area contributed by atoms with Gasteiger partial charge in [-0.1, -0.05) is 0 Å². The number of carbonyl (C=O) groups is 1. The van der Waals surface area contributed by atoms with Gasteiger partial charge in [-0.3, -0.25) is 0 Å². The van der Waals surface area contributed by atoms with Gasteiger partial charge in [-0.15, -0.1) is 0 Å². The number of aromatic hydroxyl groups is 2. The molecule has 2 N–H and O–H groups in total. The molecule has 0 fully saturated rings.